The molecule has 2 atom stereocenters. The van der Waals surface area contributed by atoms with Gasteiger partial charge < -0.3 is 25.0 Å². The lowest BCUT2D eigenvalue weighted by Crippen LogP contribution is -2.54. The zero-order valence-electron chi connectivity index (χ0n) is 42.3. The minimum absolute atomic E-state index is 0.0990. The molecule has 0 radical (unpaired) electrons. The largest absolute Gasteiger partial charge is 0.486 e. The summed E-state index contributed by atoms with van der Waals surface area (Å²) < 4.78 is 130. The summed E-state index contributed by atoms with van der Waals surface area (Å²) in [7, 11) is 0. The molecule has 4 fully saturated rings. The van der Waals surface area contributed by atoms with E-state index in [-0.39, 0.29) is 48.3 Å². The lowest BCUT2D eigenvalue weighted by Gasteiger charge is -2.39. The Labute approximate surface area is 387 Å². The fraction of sp³-hybridized carbons (Fsp3) is 0.400. The van der Waals surface area contributed by atoms with E-state index in [2.05, 4.69) is 20.6 Å². The number of ether oxygens (including phenoxy) is 2. The molecule has 1 unspecified atom stereocenters. The van der Waals surface area contributed by atoms with Crippen LogP contribution in [0.2, 0.25) is 5.02 Å². The van der Waals surface area contributed by atoms with Crippen molar-refractivity contribution in [1.82, 2.24) is 30.0 Å². The van der Waals surface area contributed by atoms with Crippen molar-refractivity contribution in [2.75, 3.05) is 80.9 Å². The number of imide groups is 2. The number of nitrogens with one attached hydrogen (secondary N) is 3. The van der Waals surface area contributed by atoms with E-state index in [1.165, 1.54) is 30.6 Å². The summed E-state index contributed by atoms with van der Waals surface area (Å²) in [4.78, 5) is 75.5. The topological polar surface area (TPSA) is 179 Å². The number of nitrogens with zero attached hydrogens (tertiary/aromatic N) is 6. The summed E-state index contributed by atoms with van der Waals surface area (Å²) in [5, 5.41) is 8.31. The first-order valence-electron chi connectivity index (χ1n) is 24.7. The number of amides is 5. The number of halogens is 4. The van der Waals surface area contributed by atoms with Crippen LogP contribution >= 0.6 is 11.6 Å². The minimum atomic E-state index is -3.75. The number of piperidine rings is 2. The Balaban J connectivity index is 0.867. The summed E-state index contributed by atoms with van der Waals surface area (Å²) in [6, 6.07) is 6.11. The molecule has 9 rings (SSSR count). The van der Waals surface area contributed by atoms with Crippen LogP contribution in [-0.2, 0) is 19.1 Å². The van der Waals surface area contributed by atoms with Crippen LogP contribution in [0, 0.1) is 23.4 Å². The van der Waals surface area contributed by atoms with Gasteiger partial charge in [0.2, 0.25) is 17.7 Å². The Morgan fingerprint density at radius 2 is 1.77 bits per heavy atom. The fourth-order valence-corrected chi connectivity index (χ4v) is 8.37. The van der Waals surface area contributed by atoms with Gasteiger partial charge in [-0.15, -0.1) is 0 Å². The molecule has 65 heavy (non-hydrogen) atoms. The van der Waals surface area contributed by atoms with Gasteiger partial charge in [0.05, 0.1) is 46.1 Å². The van der Waals surface area contributed by atoms with Crippen LogP contribution in [0.3, 0.4) is 0 Å². The maximum Gasteiger partial charge on any atom is 0.265 e. The van der Waals surface area contributed by atoms with E-state index >= 15 is 8.78 Å². The summed E-state index contributed by atoms with van der Waals surface area (Å²) in [5.74, 6) is -9.34. The van der Waals surface area contributed by atoms with Gasteiger partial charge in [-0.05, 0) is 68.6 Å². The molecule has 1 aromatic heterocycles. The number of aromatic nitrogens is 2. The van der Waals surface area contributed by atoms with Gasteiger partial charge in [-0.25, -0.2) is 23.1 Å². The van der Waals surface area contributed by atoms with Gasteiger partial charge in [-0.3, -0.25) is 44.0 Å². The number of fused-ring (bicyclic) bond motifs is 2. The Kier molecular flexibility index (Phi) is 10.1. The molecule has 4 saturated heterocycles. The van der Waals surface area contributed by atoms with Gasteiger partial charge in [0.1, 0.15) is 47.4 Å². The highest BCUT2D eigenvalue weighted by Gasteiger charge is 2.47. The maximum absolute atomic E-state index is 16.6. The zero-order chi connectivity index (χ0) is 52.5. The van der Waals surface area contributed by atoms with Crippen LogP contribution in [0.5, 0.6) is 5.75 Å². The molecule has 0 aliphatic carbocycles. The molecule has 6 heterocycles. The van der Waals surface area contributed by atoms with Crippen LogP contribution in [0.1, 0.15) is 63.8 Å². The monoisotopic (exact) mass is 923 g/mol. The third kappa shape index (κ3) is 9.36. The van der Waals surface area contributed by atoms with Crippen LogP contribution in [0.25, 0.3) is 10.9 Å². The molecule has 340 valence electrons. The van der Waals surface area contributed by atoms with E-state index in [0.29, 0.717) is 82.4 Å². The Morgan fingerprint density at radius 3 is 2.51 bits per heavy atom. The molecule has 0 spiro atoms. The Bertz CT molecular complexity index is 2960. The molecule has 0 saturated carbocycles. The second-order valence-corrected chi connectivity index (χ2v) is 16.3. The van der Waals surface area contributed by atoms with Crippen molar-refractivity contribution in [2.45, 2.75) is 44.2 Å². The lowest BCUT2D eigenvalue weighted by molar-refractivity contribution is -0.136. The smallest absolute Gasteiger partial charge is 0.265 e. The summed E-state index contributed by atoms with van der Waals surface area (Å²) >= 11 is 5.99. The van der Waals surface area contributed by atoms with Crippen molar-refractivity contribution in [3.05, 3.63) is 88.5 Å². The quantitative estimate of drug-likeness (QED) is 0.127. The zero-order valence-corrected chi connectivity index (χ0v) is 35.0. The number of benzene rings is 3. The molecule has 0 bridgehead atoms. The number of rotatable bonds is 12. The van der Waals surface area contributed by atoms with Gasteiger partial charge in [0, 0.05) is 80.6 Å². The minimum Gasteiger partial charge on any atom is -0.486 e. The van der Waals surface area contributed by atoms with Gasteiger partial charge >= 0.3 is 0 Å². The van der Waals surface area contributed by atoms with Crippen molar-refractivity contribution < 1.29 is 57.6 Å². The van der Waals surface area contributed by atoms with Gasteiger partial charge in [-0.1, -0.05) is 17.7 Å². The number of carbonyl (C=O) groups is 5. The number of carbonyl (C=O) groups excluding carboxylic acids is 5. The highest BCUT2D eigenvalue weighted by atomic mass is 35.5. The normalized spacial score (nSPS) is 26.0. The van der Waals surface area contributed by atoms with Crippen molar-refractivity contribution in [1.29, 1.82) is 0 Å². The van der Waals surface area contributed by atoms with Gasteiger partial charge in [0.15, 0.2) is 5.82 Å². The van der Waals surface area contributed by atoms with Crippen LogP contribution in [-0.4, -0.2) is 132 Å². The van der Waals surface area contributed by atoms with Crippen LogP contribution < -0.4 is 25.6 Å². The standard InChI is InChI=1S/C45H45ClF3N9O7/c46-30-18-26(3-4-31(30)47)52-42-28-20-34(36(21-33(28)50-24-51-42)65-27-9-17-64-23-27)53-37(59)2-1-10-55-11-7-25(8-12-55)22-56-13-15-57(16-14-56)41-32(48)19-29-39(40(41)49)45(63)58(44(29)62)35-5-6-38(60)54-43(35)61/h1-4,18-21,24-25,27,35H,5-17,22-23H2,(H,53,59)(H,50,51,52)(H,54,60,61)/b2-1+/t27-,35?/m0/s1/i13D2,14D2,15D2,16D2. The van der Waals surface area contributed by atoms with Crippen molar-refractivity contribution in [3.63, 3.8) is 0 Å². The highest BCUT2D eigenvalue weighted by Crippen LogP contribution is 2.38. The van der Waals surface area contributed by atoms with Crippen molar-refractivity contribution >= 4 is 74.9 Å². The SMILES string of the molecule is [2H]C1([2H])N(CC2CCN(C/C=C/C(=O)Nc3cc4c(Nc5ccc(F)c(Cl)c5)ncnc4cc3O[C@H]3CCOC3)CC2)C([2H])([2H])C([2H])([2H])N(c2c(F)cc3c(c2F)C(=O)N(C2CCC(=O)NC2=O)C3=O)C1([2H])[2H]. The first-order valence-corrected chi connectivity index (χ1v) is 21.1. The number of hydrogen-bond donors (Lipinski definition) is 3. The molecule has 16 nitrogen and oxygen atoms in total. The summed E-state index contributed by atoms with van der Waals surface area (Å²) in [6.45, 7) is -13.3. The Morgan fingerprint density at radius 1 is 0.969 bits per heavy atom. The second-order valence-electron chi connectivity index (χ2n) is 15.9. The lowest BCUT2D eigenvalue weighted by atomic mass is 9.96. The predicted octanol–water partition coefficient (Wildman–Crippen LogP) is 5.04. The number of hydrogen-bond acceptors (Lipinski definition) is 13. The second kappa shape index (κ2) is 18.8. The average molecular weight is 924 g/mol. The van der Waals surface area contributed by atoms with E-state index in [1.54, 1.807) is 18.2 Å². The van der Waals surface area contributed by atoms with E-state index in [4.69, 9.17) is 32.0 Å². The van der Waals surface area contributed by atoms with Gasteiger partial charge in [-0.2, -0.15) is 0 Å². The van der Waals surface area contributed by atoms with E-state index in [0.717, 1.165) is 0 Å². The third-order valence-electron chi connectivity index (χ3n) is 11.6. The molecule has 3 aromatic carbocycles. The van der Waals surface area contributed by atoms with Crippen LogP contribution in [0.15, 0.2) is 54.9 Å². The van der Waals surface area contributed by atoms with Crippen molar-refractivity contribution in [3.8, 4) is 5.75 Å². The first-order chi connectivity index (χ1) is 34.4. The molecular weight excluding hydrogens is 871 g/mol. The van der Waals surface area contributed by atoms with Gasteiger partial charge in [0.25, 0.3) is 11.8 Å². The van der Waals surface area contributed by atoms with E-state index in [9.17, 15) is 28.4 Å². The fourth-order valence-electron chi connectivity index (χ4n) is 8.19. The third-order valence-corrected chi connectivity index (χ3v) is 11.8. The average Bonchev–Trinajstić information content (AvgIpc) is 3.92. The molecule has 20 heteroatoms. The molecule has 5 aliphatic heterocycles. The van der Waals surface area contributed by atoms with Crippen LogP contribution in [0.4, 0.5) is 36.1 Å². The summed E-state index contributed by atoms with van der Waals surface area (Å²) in [6.07, 6.45) is 4.55. The molecule has 3 N–H and O–H groups in total. The summed E-state index contributed by atoms with van der Waals surface area (Å²) in [5.41, 5.74) is -2.49. The van der Waals surface area contributed by atoms with E-state index in [1.807, 2.05) is 10.2 Å². The molecular formula is C45H45ClF3N9O7. The number of anilines is 4. The number of piperazine rings is 1. The molecule has 5 amide bonds. The Hall–Kier alpha value is -6.15. The predicted molar refractivity (Wildman–Crippen MR) is 233 cm³/mol. The maximum atomic E-state index is 16.6. The van der Waals surface area contributed by atoms with Crippen molar-refractivity contribution in [2.24, 2.45) is 5.92 Å². The first kappa shape index (κ1) is 35.2. The highest BCUT2D eigenvalue weighted by molar-refractivity contribution is 6.31. The number of likely N-dealkylation sites (tertiary alicyclic amines) is 1. The molecule has 5 aliphatic rings. The van der Waals surface area contributed by atoms with E-state index < -0.39 is 108 Å². The molecule has 4 aromatic rings.